The summed E-state index contributed by atoms with van der Waals surface area (Å²) in [7, 11) is 0. The molecule has 5 rings (SSSR count). The number of ether oxygens (including phenoxy) is 2. The van der Waals surface area contributed by atoms with Crippen molar-refractivity contribution in [1.29, 1.82) is 0 Å². The Kier molecular flexibility index (Phi) is 7.35. The number of nitrogens with one attached hydrogen (secondary N) is 2. The highest BCUT2D eigenvalue weighted by atomic mass is 35.5. The molecule has 0 radical (unpaired) electrons. The summed E-state index contributed by atoms with van der Waals surface area (Å²) in [6.45, 7) is 6.15. The minimum Gasteiger partial charge on any atom is -0.494 e. The van der Waals surface area contributed by atoms with Gasteiger partial charge in [-0.1, -0.05) is 23.7 Å². The number of benzene rings is 2. The number of rotatable bonds is 9. The topological polar surface area (TPSA) is 117 Å². The molecule has 0 saturated carbocycles. The lowest BCUT2D eigenvalue weighted by molar-refractivity contribution is -0.143. The van der Waals surface area contributed by atoms with E-state index in [4.69, 9.17) is 21.1 Å². The molecule has 208 valence electrons. The molecule has 0 aromatic heterocycles. The van der Waals surface area contributed by atoms with Crippen LogP contribution in [0.3, 0.4) is 0 Å². The van der Waals surface area contributed by atoms with E-state index < -0.39 is 35.0 Å². The van der Waals surface area contributed by atoms with Gasteiger partial charge < -0.3 is 30.1 Å². The Hall–Kier alpha value is -3.14. The fourth-order valence-electron chi connectivity index (χ4n) is 6.61. The quantitative estimate of drug-likeness (QED) is 0.433. The monoisotopic (exact) mass is 555 g/mol. The number of halogens is 1. The van der Waals surface area contributed by atoms with Crippen LogP contribution in [0, 0.1) is 18.8 Å². The lowest BCUT2D eigenvalue weighted by Crippen LogP contribution is -2.53. The predicted molar refractivity (Wildman–Crippen MR) is 147 cm³/mol. The summed E-state index contributed by atoms with van der Waals surface area (Å²) in [6, 6.07) is 11.4. The van der Waals surface area contributed by atoms with Crippen molar-refractivity contribution < 1.29 is 29.0 Å². The maximum absolute atomic E-state index is 14.0. The first-order valence-corrected chi connectivity index (χ1v) is 13.7. The van der Waals surface area contributed by atoms with Gasteiger partial charge in [0.1, 0.15) is 17.4 Å². The van der Waals surface area contributed by atoms with Crippen LogP contribution >= 0.6 is 11.6 Å². The molecule has 2 aromatic carbocycles. The molecule has 5 atom stereocenters. The Morgan fingerprint density at radius 1 is 1.15 bits per heavy atom. The average molecular weight is 556 g/mol. The number of nitrogens with zero attached hydrogens (tertiary/aromatic N) is 1. The molecule has 3 N–H and O–H groups in total. The van der Waals surface area contributed by atoms with Crippen LogP contribution in [0.5, 0.6) is 5.75 Å². The smallest absolute Gasteiger partial charge is 0.250 e. The Morgan fingerprint density at radius 3 is 2.56 bits per heavy atom. The number of hydrogen-bond donors (Lipinski definition) is 3. The van der Waals surface area contributed by atoms with Crippen molar-refractivity contribution >= 4 is 40.7 Å². The van der Waals surface area contributed by atoms with E-state index >= 15 is 0 Å². The van der Waals surface area contributed by atoms with E-state index in [2.05, 4.69) is 10.6 Å². The van der Waals surface area contributed by atoms with Crippen molar-refractivity contribution in [3.05, 3.63) is 53.1 Å². The minimum atomic E-state index is -1.17. The van der Waals surface area contributed by atoms with Crippen LogP contribution in [0.2, 0.25) is 5.02 Å². The van der Waals surface area contributed by atoms with Gasteiger partial charge in [0, 0.05) is 18.8 Å². The maximum Gasteiger partial charge on any atom is 0.250 e. The molecule has 2 bridgehead atoms. The van der Waals surface area contributed by atoms with Crippen LogP contribution < -0.4 is 15.4 Å². The van der Waals surface area contributed by atoms with E-state index in [-0.39, 0.29) is 25.0 Å². The Bertz CT molecular complexity index is 1270. The summed E-state index contributed by atoms with van der Waals surface area (Å²) in [5.41, 5.74) is -0.233. The first-order chi connectivity index (χ1) is 18.6. The molecular weight excluding hydrogens is 522 g/mol. The fraction of sp³-hybridized carbons (Fsp3) is 0.483. The number of likely N-dealkylation sites (tertiary alicyclic amines) is 1. The summed E-state index contributed by atoms with van der Waals surface area (Å²) in [6.07, 6.45) is 1.28. The van der Waals surface area contributed by atoms with E-state index in [1.807, 2.05) is 26.8 Å². The molecule has 0 aliphatic carbocycles. The number of aliphatic hydroxyl groups is 1. The van der Waals surface area contributed by atoms with E-state index in [9.17, 15) is 19.5 Å². The zero-order chi connectivity index (χ0) is 27.9. The van der Waals surface area contributed by atoms with Gasteiger partial charge in [-0.25, -0.2) is 0 Å². The highest BCUT2D eigenvalue weighted by molar-refractivity contribution is 6.34. The molecule has 2 unspecified atom stereocenters. The van der Waals surface area contributed by atoms with Crippen LogP contribution in [-0.4, -0.2) is 64.7 Å². The van der Waals surface area contributed by atoms with Gasteiger partial charge in [-0.05, 0) is 75.9 Å². The van der Waals surface area contributed by atoms with Crippen LogP contribution in [0.15, 0.2) is 42.5 Å². The second-order valence-corrected chi connectivity index (χ2v) is 11.1. The number of amides is 3. The SMILES string of the molecule is CCOc1ccc(NC(=O)[C@H]2[C@H]3C(=O)N(CCCO)C(C(=O)Nc4c(C)cccc4Cl)C34CC[C@]2(C)O4)cc1. The number of aliphatic hydroxyl groups excluding tert-OH is 1. The van der Waals surface area contributed by atoms with Gasteiger partial charge in [-0.2, -0.15) is 0 Å². The normalized spacial score (nSPS) is 28.9. The number of aryl methyl sites for hydroxylation is 1. The van der Waals surface area contributed by atoms with Crippen LogP contribution in [-0.2, 0) is 19.1 Å². The number of carbonyl (C=O) groups is 3. The van der Waals surface area contributed by atoms with Gasteiger partial charge in [-0.3, -0.25) is 14.4 Å². The van der Waals surface area contributed by atoms with Gasteiger partial charge >= 0.3 is 0 Å². The molecule has 3 amide bonds. The fourth-order valence-corrected chi connectivity index (χ4v) is 6.88. The van der Waals surface area contributed by atoms with Crippen molar-refractivity contribution in [3.63, 3.8) is 0 Å². The van der Waals surface area contributed by atoms with Crippen LogP contribution in [0.1, 0.15) is 38.7 Å². The summed E-state index contributed by atoms with van der Waals surface area (Å²) >= 11 is 6.39. The predicted octanol–water partition coefficient (Wildman–Crippen LogP) is 3.77. The Morgan fingerprint density at radius 2 is 1.90 bits per heavy atom. The third-order valence-electron chi connectivity index (χ3n) is 8.27. The van der Waals surface area contributed by atoms with Crippen molar-refractivity contribution in [2.75, 3.05) is 30.4 Å². The summed E-state index contributed by atoms with van der Waals surface area (Å²) in [5, 5.41) is 15.8. The summed E-state index contributed by atoms with van der Waals surface area (Å²) in [4.78, 5) is 43.1. The van der Waals surface area contributed by atoms with Crippen molar-refractivity contribution in [2.45, 2.75) is 57.3 Å². The Labute approximate surface area is 232 Å². The number of carbonyl (C=O) groups excluding carboxylic acids is 3. The maximum atomic E-state index is 14.0. The van der Waals surface area contributed by atoms with Gasteiger partial charge in [0.25, 0.3) is 0 Å². The molecular formula is C29H34ClN3O6. The largest absolute Gasteiger partial charge is 0.494 e. The highest BCUT2D eigenvalue weighted by Crippen LogP contribution is 2.63. The lowest BCUT2D eigenvalue weighted by Gasteiger charge is -2.33. The molecule has 39 heavy (non-hydrogen) atoms. The molecule has 3 aliphatic rings. The Balaban J connectivity index is 1.46. The third-order valence-corrected chi connectivity index (χ3v) is 8.58. The molecule has 10 heteroatoms. The van der Waals surface area contributed by atoms with E-state index in [1.165, 1.54) is 4.90 Å². The standard InChI is InChI=1S/C29H34ClN3O6/c1-4-38-19-11-9-18(10-12-19)31-25(35)21-22-27(37)33(15-6-16-34)24(29(22)14-13-28(21,3)39-29)26(36)32-23-17(2)7-5-8-20(23)30/h5,7-12,21-22,24,34H,4,6,13-16H2,1-3H3,(H,31,35)(H,32,36)/t21-,22+,24?,28+,29?/m1/s1. The molecule has 9 nitrogen and oxygen atoms in total. The first-order valence-electron chi connectivity index (χ1n) is 13.4. The van der Waals surface area contributed by atoms with Crippen molar-refractivity contribution in [2.24, 2.45) is 11.8 Å². The van der Waals surface area contributed by atoms with E-state index in [0.29, 0.717) is 48.0 Å². The average Bonchev–Trinajstić information content (AvgIpc) is 3.47. The summed E-state index contributed by atoms with van der Waals surface area (Å²) < 4.78 is 12.1. The number of para-hydroxylation sites is 1. The lowest BCUT2D eigenvalue weighted by atomic mass is 9.66. The van der Waals surface area contributed by atoms with Gasteiger partial charge in [0.2, 0.25) is 17.7 Å². The molecule has 2 aromatic rings. The van der Waals surface area contributed by atoms with Crippen LogP contribution in [0.25, 0.3) is 0 Å². The van der Waals surface area contributed by atoms with E-state index in [1.54, 1.807) is 36.4 Å². The minimum absolute atomic E-state index is 0.139. The molecule has 1 spiro atoms. The second kappa shape index (κ2) is 10.4. The zero-order valence-electron chi connectivity index (χ0n) is 22.3. The van der Waals surface area contributed by atoms with E-state index in [0.717, 1.165) is 5.56 Å². The second-order valence-electron chi connectivity index (χ2n) is 10.7. The van der Waals surface area contributed by atoms with Crippen molar-refractivity contribution in [3.8, 4) is 5.75 Å². The molecule has 3 heterocycles. The number of hydrogen-bond acceptors (Lipinski definition) is 6. The molecule has 3 fully saturated rings. The molecule has 3 aliphatic heterocycles. The number of fused-ring (bicyclic) bond motifs is 1. The van der Waals surface area contributed by atoms with Gasteiger partial charge in [-0.15, -0.1) is 0 Å². The van der Waals surface area contributed by atoms with Crippen LogP contribution in [0.4, 0.5) is 11.4 Å². The molecule has 3 saturated heterocycles. The number of anilines is 2. The van der Waals surface area contributed by atoms with Gasteiger partial charge in [0.15, 0.2) is 0 Å². The first kappa shape index (κ1) is 27.4. The van der Waals surface area contributed by atoms with Gasteiger partial charge in [0.05, 0.1) is 34.8 Å². The van der Waals surface area contributed by atoms with Crippen molar-refractivity contribution in [1.82, 2.24) is 4.90 Å². The third kappa shape index (κ3) is 4.56. The highest BCUT2D eigenvalue weighted by Gasteiger charge is 2.77. The zero-order valence-corrected chi connectivity index (χ0v) is 23.1. The summed E-state index contributed by atoms with van der Waals surface area (Å²) in [5.74, 6) is -1.99.